The number of amides is 1. The molecular formula is C16H29NO4S. The number of nitrogens with zero attached hydrogens (tertiary/aromatic N) is 1. The summed E-state index contributed by atoms with van der Waals surface area (Å²) in [6.07, 6.45) is 8.18. The van der Waals surface area contributed by atoms with Crippen molar-refractivity contribution in [3.05, 3.63) is 0 Å². The van der Waals surface area contributed by atoms with Crippen molar-refractivity contribution in [3.8, 4) is 0 Å². The number of rotatable bonds is 5. The second kappa shape index (κ2) is 7.30. The molecule has 2 aliphatic rings. The molecule has 0 unspecified atom stereocenters. The predicted octanol–water partition coefficient (Wildman–Crippen LogP) is 2.01. The topological polar surface area (TPSA) is 63.7 Å². The average molecular weight is 331 g/mol. The molecule has 22 heavy (non-hydrogen) atoms. The van der Waals surface area contributed by atoms with Crippen LogP contribution < -0.4 is 0 Å². The van der Waals surface area contributed by atoms with E-state index < -0.39 is 15.1 Å². The maximum atomic E-state index is 12.3. The Kier molecular flexibility index (Phi) is 5.88. The van der Waals surface area contributed by atoms with Crippen LogP contribution in [0, 0.1) is 5.92 Å². The number of carbonyl (C=O) groups excluding carboxylic acids is 1. The third-order valence-electron chi connectivity index (χ3n) is 5.19. The van der Waals surface area contributed by atoms with E-state index in [9.17, 15) is 13.2 Å². The zero-order valence-electron chi connectivity index (χ0n) is 14.0. The monoisotopic (exact) mass is 331 g/mol. The average Bonchev–Trinajstić information content (AvgIpc) is 2.93. The SMILES string of the molecule is C[C@@H]1CCC[C@H](OCC(=O)N(C)[C@H]2CCC[C@H]2S(C)(=O)=O)C1. The van der Waals surface area contributed by atoms with Crippen molar-refractivity contribution in [1.82, 2.24) is 4.90 Å². The molecule has 2 rings (SSSR count). The van der Waals surface area contributed by atoms with Gasteiger partial charge in [0.25, 0.3) is 0 Å². The lowest BCUT2D eigenvalue weighted by atomic mass is 9.89. The molecule has 0 bridgehead atoms. The Morgan fingerprint density at radius 2 is 1.86 bits per heavy atom. The number of likely N-dealkylation sites (N-methyl/N-ethyl adjacent to an activating group) is 1. The Morgan fingerprint density at radius 1 is 1.18 bits per heavy atom. The molecule has 0 heterocycles. The molecular weight excluding hydrogens is 302 g/mol. The van der Waals surface area contributed by atoms with E-state index in [1.807, 2.05) is 0 Å². The van der Waals surface area contributed by atoms with Crippen molar-refractivity contribution < 1.29 is 17.9 Å². The van der Waals surface area contributed by atoms with Gasteiger partial charge in [-0.1, -0.05) is 19.8 Å². The summed E-state index contributed by atoms with van der Waals surface area (Å²) >= 11 is 0. The van der Waals surface area contributed by atoms with Crippen molar-refractivity contribution in [3.63, 3.8) is 0 Å². The van der Waals surface area contributed by atoms with Crippen LogP contribution in [-0.4, -0.2) is 56.5 Å². The first-order chi connectivity index (χ1) is 10.3. The molecule has 0 saturated heterocycles. The lowest BCUT2D eigenvalue weighted by Gasteiger charge is -2.31. The first kappa shape index (κ1) is 17.7. The van der Waals surface area contributed by atoms with Crippen LogP contribution in [0.2, 0.25) is 0 Å². The van der Waals surface area contributed by atoms with Gasteiger partial charge in [-0.3, -0.25) is 4.79 Å². The van der Waals surface area contributed by atoms with Gasteiger partial charge in [-0.15, -0.1) is 0 Å². The van der Waals surface area contributed by atoms with E-state index in [2.05, 4.69) is 6.92 Å². The third-order valence-corrected chi connectivity index (χ3v) is 6.84. The highest BCUT2D eigenvalue weighted by molar-refractivity contribution is 7.91. The van der Waals surface area contributed by atoms with Gasteiger partial charge in [0.1, 0.15) is 6.61 Å². The Bertz CT molecular complexity index is 490. The van der Waals surface area contributed by atoms with Gasteiger partial charge in [-0.25, -0.2) is 8.42 Å². The number of ether oxygens (including phenoxy) is 1. The molecule has 128 valence electrons. The van der Waals surface area contributed by atoms with Crippen molar-refractivity contribution in [2.24, 2.45) is 5.92 Å². The molecule has 0 aliphatic heterocycles. The number of carbonyl (C=O) groups is 1. The number of sulfone groups is 1. The third kappa shape index (κ3) is 4.44. The first-order valence-electron chi connectivity index (χ1n) is 8.35. The summed E-state index contributed by atoms with van der Waals surface area (Å²) in [4.78, 5) is 13.9. The maximum Gasteiger partial charge on any atom is 0.248 e. The molecule has 0 radical (unpaired) electrons. The lowest BCUT2D eigenvalue weighted by molar-refractivity contribution is -0.139. The van der Waals surface area contributed by atoms with E-state index in [4.69, 9.17) is 4.74 Å². The van der Waals surface area contributed by atoms with Crippen LogP contribution in [0.5, 0.6) is 0 Å². The summed E-state index contributed by atoms with van der Waals surface area (Å²) in [6.45, 7) is 2.29. The number of hydrogen-bond donors (Lipinski definition) is 0. The molecule has 4 atom stereocenters. The van der Waals surface area contributed by atoms with Gasteiger partial charge in [0.2, 0.25) is 5.91 Å². The molecule has 2 saturated carbocycles. The molecule has 0 spiro atoms. The smallest absolute Gasteiger partial charge is 0.248 e. The van der Waals surface area contributed by atoms with Gasteiger partial charge in [0.15, 0.2) is 9.84 Å². The zero-order chi connectivity index (χ0) is 16.3. The second-order valence-corrected chi connectivity index (χ2v) is 9.34. The molecule has 1 amide bonds. The largest absolute Gasteiger partial charge is 0.368 e. The molecule has 5 nitrogen and oxygen atoms in total. The van der Waals surface area contributed by atoms with Gasteiger partial charge in [0.05, 0.1) is 11.4 Å². The van der Waals surface area contributed by atoms with Crippen LogP contribution in [0.1, 0.15) is 51.9 Å². The van der Waals surface area contributed by atoms with Gasteiger partial charge in [0, 0.05) is 19.3 Å². The van der Waals surface area contributed by atoms with Gasteiger partial charge in [-0.05, 0) is 38.0 Å². The van der Waals surface area contributed by atoms with Crippen LogP contribution in [0.4, 0.5) is 0 Å². The molecule has 6 heteroatoms. The van der Waals surface area contributed by atoms with Crippen molar-refractivity contribution >= 4 is 15.7 Å². The Balaban J connectivity index is 1.86. The minimum absolute atomic E-state index is 0.0703. The fourth-order valence-electron chi connectivity index (χ4n) is 3.85. The van der Waals surface area contributed by atoms with Gasteiger partial charge < -0.3 is 9.64 Å². The fourth-order valence-corrected chi connectivity index (χ4v) is 5.34. The molecule has 0 aromatic carbocycles. The molecule has 0 N–H and O–H groups in total. The summed E-state index contributed by atoms with van der Waals surface area (Å²) < 4.78 is 29.5. The Labute approximate surface area is 134 Å². The maximum absolute atomic E-state index is 12.3. The Hall–Kier alpha value is -0.620. The van der Waals surface area contributed by atoms with Crippen LogP contribution >= 0.6 is 0 Å². The van der Waals surface area contributed by atoms with Crippen LogP contribution in [0.3, 0.4) is 0 Å². The van der Waals surface area contributed by atoms with Crippen LogP contribution in [0.15, 0.2) is 0 Å². The molecule has 2 aliphatic carbocycles. The van der Waals surface area contributed by atoms with E-state index in [1.54, 1.807) is 11.9 Å². The highest BCUT2D eigenvalue weighted by Crippen LogP contribution is 2.29. The summed E-state index contributed by atoms with van der Waals surface area (Å²) in [5, 5.41) is -0.420. The predicted molar refractivity (Wildman–Crippen MR) is 86.4 cm³/mol. The van der Waals surface area contributed by atoms with E-state index >= 15 is 0 Å². The van der Waals surface area contributed by atoms with Crippen molar-refractivity contribution in [2.45, 2.75) is 69.3 Å². The van der Waals surface area contributed by atoms with Crippen molar-refractivity contribution in [1.29, 1.82) is 0 Å². The summed E-state index contributed by atoms with van der Waals surface area (Å²) in [7, 11) is -1.40. The molecule has 2 fully saturated rings. The van der Waals surface area contributed by atoms with E-state index in [0.717, 1.165) is 32.1 Å². The van der Waals surface area contributed by atoms with Gasteiger partial charge >= 0.3 is 0 Å². The molecule has 0 aromatic rings. The summed E-state index contributed by atoms with van der Waals surface area (Å²) in [6, 6.07) is -0.198. The Morgan fingerprint density at radius 3 is 2.50 bits per heavy atom. The minimum Gasteiger partial charge on any atom is -0.368 e. The van der Waals surface area contributed by atoms with E-state index in [1.165, 1.54) is 12.7 Å². The van der Waals surface area contributed by atoms with Crippen LogP contribution in [-0.2, 0) is 19.4 Å². The molecule has 0 aromatic heterocycles. The second-order valence-electron chi connectivity index (χ2n) is 7.08. The summed E-state index contributed by atoms with van der Waals surface area (Å²) in [5.41, 5.74) is 0. The fraction of sp³-hybridized carbons (Fsp3) is 0.938. The summed E-state index contributed by atoms with van der Waals surface area (Å²) in [5.74, 6) is 0.565. The lowest BCUT2D eigenvalue weighted by Crippen LogP contribution is -2.46. The normalized spacial score (nSPS) is 32.9. The van der Waals surface area contributed by atoms with Crippen molar-refractivity contribution in [2.75, 3.05) is 19.9 Å². The standard InChI is InChI=1S/C16H29NO4S/c1-12-6-4-7-13(10-12)21-11-16(18)17(2)14-8-5-9-15(14)22(3,19)20/h12-15H,4-11H2,1-3H3/t12-,13+,14+,15-/m1/s1. The highest BCUT2D eigenvalue weighted by atomic mass is 32.2. The zero-order valence-corrected chi connectivity index (χ0v) is 14.8. The van der Waals surface area contributed by atoms with Gasteiger partial charge in [-0.2, -0.15) is 0 Å². The first-order valence-corrected chi connectivity index (χ1v) is 10.3. The number of hydrogen-bond acceptors (Lipinski definition) is 4. The van der Waals surface area contributed by atoms with E-state index in [0.29, 0.717) is 12.3 Å². The van der Waals surface area contributed by atoms with Crippen LogP contribution in [0.25, 0.3) is 0 Å². The quantitative estimate of drug-likeness (QED) is 0.773. The highest BCUT2D eigenvalue weighted by Gasteiger charge is 2.38. The minimum atomic E-state index is -3.11. The van der Waals surface area contributed by atoms with E-state index in [-0.39, 0.29) is 24.7 Å².